The molecule has 0 saturated carbocycles. The Balaban J connectivity index is 1.97. The fourth-order valence-corrected chi connectivity index (χ4v) is 3.62. The van der Waals surface area contributed by atoms with E-state index >= 15 is 0 Å². The number of carboxylic acid groups (broad SMARTS) is 1. The standard InChI is InChI=1S/C17H16O2S/c1-11(17(18)19)13-8-9-16-14(10-13)7-6-12-4-2-3-5-15(12)20-16/h2-5,8-11H,6-7H2,1H3,(H,18,19)/t11-/m1/s1. The molecule has 2 aromatic rings. The van der Waals surface area contributed by atoms with Gasteiger partial charge in [-0.3, -0.25) is 4.79 Å². The van der Waals surface area contributed by atoms with Gasteiger partial charge in [-0.05, 0) is 48.6 Å². The molecule has 0 bridgehead atoms. The van der Waals surface area contributed by atoms with Gasteiger partial charge in [-0.1, -0.05) is 42.1 Å². The van der Waals surface area contributed by atoms with Crippen molar-refractivity contribution >= 4 is 17.7 Å². The van der Waals surface area contributed by atoms with Crippen molar-refractivity contribution in [3.05, 3.63) is 59.2 Å². The van der Waals surface area contributed by atoms with Crippen LogP contribution in [0.1, 0.15) is 29.5 Å². The van der Waals surface area contributed by atoms with Crippen molar-refractivity contribution in [3.8, 4) is 0 Å². The number of aryl methyl sites for hydroxylation is 2. The first-order valence-corrected chi connectivity index (χ1v) is 7.58. The van der Waals surface area contributed by atoms with Gasteiger partial charge in [0, 0.05) is 9.79 Å². The Morgan fingerprint density at radius 2 is 1.80 bits per heavy atom. The van der Waals surface area contributed by atoms with Gasteiger partial charge >= 0.3 is 5.97 Å². The van der Waals surface area contributed by atoms with Crippen LogP contribution < -0.4 is 0 Å². The topological polar surface area (TPSA) is 37.3 Å². The second-order valence-electron chi connectivity index (χ2n) is 5.14. The molecule has 102 valence electrons. The number of benzene rings is 2. The Labute approximate surface area is 122 Å². The van der Waals surface area contributed by atoms with Gasteiger partial charge in [0.1, 0.15) is 0 Å². The maximum atomic E-state index is 11.1. The Bertz CT molecular complexity index is 664. The van der Waals surface area contributed by atoms with Crippen LogP contribution in [0, 0.1) is 0 Å². The zero-order valence-electron chi connectivity index (χ0n) is 11.3. The number of fused-ring (bicyclic) bond motifs is 2. The van der Waals surface area contributed by atoms with Crippen LogP contribution in [-0.4, -0.2) is 11.1 Å². The van der Waals surface area contributed by atoms with Gasteiger partial charge in [0.15, 0.2) is 0 Å². The summed E-state index contributed by atoms with van der Waals surface area (Å²) in [5, 5.41) is 9.13. The highest BCUT2D eigenvalue weighted by Crippen LogP contribution is 2.38. The van der Waals surface area contributed by atoms with Gasteiger partial charge in [0.2, 0.25) is 0 Å². The zero-order valence-corrected chi connectivity index (χ0v) is 12.1. The van der Waals surface area contributed by atoms with Gasteiger partial charge in [0.05, 0.1) is 5.92 Å². The molecule has 0 saturated heterocycles. The van der Waals surface area contributed by atoms with Crippen molar-refractivity contribution in [1.29, 1.82) is 0 Å². The summed E-state index contributed by atoms with van der Waals surface area (Å²) in [5.74, 6) is -1.22. The van der Waals surface area contributed by atoms with E-state index in [4.69, 9.17) is 5.11 Å². The molecule has 3 rings (SSSR count). The number of hydrogen-bond donors (Lipinski definition) is 1. The highest BCUT2D eigenvalue weighted by atomic mass is 32.2. The maximum Gasteiger partial charge on any atom is 0.310 e. The van der Waals surface area contributed by atoms with Crippen LogP contribution in [-0.2, 0) is 17.6 Å². The molecule has 0 fully saturated rings. The lowest BCUT2D eigenvalue weighted by Crippen LogP contribution is -2.08. The molecule has 1 aliphatic heterocycles. The van der Waals surface area contributed by atoms with Crippen molar-refractivity contribution in [2.45, 2.75) is 35.5 Å². The first-order valence-electron chi connectivity index (χ1n) is 6.76. The minimum Gasteiger partial charge on any atom is -0.481 e. The first kappa shape index (κ1) is 13.3. The highest BCUT2D eigenvalue weighted by molar-refractivity contribution is 7.99. The molecule has 2 aromatic carbocycles. The van der Waals surface area contributed by atoms with Crippen LogP contribution in [0.2, 0.25) is 0 Å². The van der Waals surface area contributed by atoms with E-state index in [-0.39, 0.29) is 0 Å². The zero-order chi connectivity index (χ0) is 14.1. The van der Waals surface area contributed by atoms with E-state index in [1.54, 1.807) is 18.7 Å². The van der Waals surface area contributed by atoms with E-state index < -0.39 is 11.9 Å². The summed E-state index contributed by atoms with van der Waals surface area (Å²) < 4.78 is 0. The van der Waals surface area contributed by atoms with Gasteiger partial charge in [-0.2, -0.15) is 0 Å². The predicted molar refractivity (Wildman–Crippen MR) is 80.5 cm³/mol. The number of carbonyl (C=O) groups is 1. The maximum absolute atomic E-state index is 11.1. The summed E-state index contributed by atoms with van der Waals surface area (Å²) in [7, 11) is 0. The first-order chi connectivity index (χ1) is 9.65. The minimum absolute atomic E-state index is 0.448. The molecular formula is C17H16O2S. The molecule has 0 aromatic heterocycles. The average Bonchev–Trinajstić information content (AvgIpc) is 2.64. The third-order valence-electron chi connectivity index (χ3n) is 3.81. The van der Waals surface area contributed by atoms with Crippen LogP contribution in [0.3, 0.4) is 0 Å². The Kier molecular flexibility index (Phi) is 3.53. The summed E-state index contributed by atoms with van der Waals surface area (Å²) in [4.78, 5) is 13.7. The molecule has 0 amide bonds. The molecule has 1 N–H and O–H groups in total. The third-order valence-corrected chi connectivity index (χ3v) is 5.05. The van der Waals surface area contributed by atoms with Crippen LogP contribution in [0.25, 0.3) is 0 Å². The second-order valence-corrected chi connectivity index (χ2v) is 6.22. The Morgan fingerprint density at radius 1 is 1.10 bits per heavy atom. The quantitative estimate of drug-likeness (QED) is 0.901. The van der Waals surface area contributed by atoms with Gasteiger partial charge < -0.3 is 5.11 Å². The summed E-state index contributed by atoms with van der Waals surface area (Å²) in [5.41, 5.74) is 3.53. The van der Waals surface area contributed by atoms with Crippen molar-refractivity contribution in [2.24, 2.45) is 0 Å². The minimum atomic E-state index is -0.769. The number of carboxylic acids is 1. The summed E-state index contributed by atoms with van der Waals surface area (Å²) >= 11 is 1.78. The molecule has 2 nitrogen and oxygen atoms in total. The molecule has 20 heavy (non-hydrogen) atoms. The van der Waals surface area contributed by atoms with E-state index in [1.165, 1.54) is 20.9 Å². The number of hydrogen-bond acceptors (Lipinski definition) is 2. The summed E-state index contributed by atoms with van der Waals surface area (Å²) in [6.07, 6.45) is 1.99. The van der Waals surface area contributed by atoms with Gasteiger partial charge in [-0.25, -0.2) is 0 Å². The van der Waals surface area contributed by atoms with Crippen LogP contribution >= 0.6 is 11.8 Å². The molecule has 3 heteroatoms. The normalized spacial score (nSPS) is 14.8. The lowest BCUT2D eigenvalue weighted by molar-refractivity contribution is -0.138. The van der Waals surface area contributed by atoms with Crippen molar-refractivity contribution in [1.82, 2.24) is 0 Å². The molecule has 0 unspecified atom stereocenters. The number of aliphatic carboxylic acids is 1. The highest BCUT2D eigenvalue weighted by Gasteiger charge is 2.18. The Morgan fingerprint density at radius 3 is 2.60 bits per heavy atom. The predicted octanol–water partition coefficient (Wildman–Crippen LogP) is 4.12. The average molecular weight is 284 g/mol. The van der Waals surface area contributed by atoms with Crippen LogP contribution in [0.5, 0.6) is 0 Å². The monoisotopic (exact) mass is 284 g/mol. The molecule has 1 aliphatic rings. The molecule has 1 heterocycles. The van der Waals surface area contributed by atoms with Crippen molar-refractivity contribution < 1.29 is 9.90 Å². The lowest BCUT2D eigenvalue weighted by atomic mass is 9.96. The van der Waals surface area contributed by atoms with E-state index in [0.29, 0.717) is 0 Å². The van der Waals surface area contributed by atoms with E-state index in [0.717, 1.165) is 18.4 Å². The Hall–Kier alpha value is -1.74. The van der Waals surface area contributed by atoms with Gasteiger partial charge in [0.25, 0.3) is 0 Å². The van der Waals surface area contributed by atoms with Gasteiger partial charge in [-0.15, -0.1) is 0 Å². The molecule has 0 aliphatic carbocycles. The largest absolute Gasteiger partial charge is 0.481 e. The smallest absolute Gasteiger partial charge is 0.310 e. The second kappa shape index (κ2) is 5.33. The number of rotatable bonds is 2. The molecular weight excluding hydrogens is 268 g/mol. The SMILES string of the molecule is C[C@@H](C(=O)O)c1ccc2c(c1)CCc1ccccc1S2. The summed E-state index contributed by atoms with van der Waals surface area (Å²) in [6, 6.07) is 14.5. The summed E-state index contributed by atoms with van der Waals surface area (Å²) in [6.45, 7) is 1.74. The van der Waals surface area contributed by atoms with Crippen LogP contribution in [0.15, 0.2) is 52.3 Å². The van der Waals surface area contributed by atoms with E-state index in [9.17, 15) is 4.79 Å². The van der Waals surface area contributed by atoms with Crippen molar-refractivity contribution in [3.63, 3.8) is 0 Å². The molecule has 0 spiro atoms. The fourth-order valence-electron chi connectivity index (χ4n) is 2.50. The fraction of sp³-hybridized carbons (Fsp3) is 0.235. The molecule has 1 atom stereocenters. The third kappa shape index (κ3) is 2.46. The van der Waals surface area contributed by atoms with E-state index in [2.05, 4.69) is 36.4 Å². The van der Waals surface area contributed by atoms with E-state index in [1.807, 2.05) is 6.07 Å². The van der Waals surface area contributed by atoms with Crippen molar-refractivity contribution in [2.75, 3.05) is 0 Å². The molecule has 0 radical (unpaired) electrons. The lowest BCUT2D eigenvalue weighted by Gasteiger charge is -2.11. The van der Waals surface area contributed by atoms with Crippen LogP contribution in [0.4, 0.5) is 0 Å².